The molecule has 2 heterocycles. The first-order valence-corrected chi connectivity index (χ1v) is 6.51. The van der Waals surface area contributed by atoms with Crippen molar-refractivity contribution in [2.75, 3.05) is 11.1 Å². The molecule has 5 nitrogen and oxygen atoms in total. The van der Waals surface area contributed by atoms with Crippen molar-refractivity contribution in [2.45, 2.75) is 13.5 Å². The number of hydrogen-bond donors (Lipinski definition) is 2. The van der Waals surface area contributed by atoms with Crippen LogP contribution in [-0.4, -0.2) is 14.8 Å². The number of benzene rings is 1. The number of aryl methyl sites for hydroxylation is 2. The fourth-order valence-electron chi connectivity index (χ4n) is 2.33. The number of pyridine rings is 1. The monoisotopic (exact) mass is 267 g/mol. The average Bonchev–Trinajstić information content (AvgIpc) is 2.74. The van der Waals surface area contributed by atoms with E-state index in [-0.39, 0.29) is 0 Å². The predicted molar refractivity (Wildman–Crippen MR) is 81.4 cm³/mol. The molecule has 0 aliphatic heterocycles. The Balaban J connectivity index is 1.89. The molecule has 3 rings (SSSR count). The maximum Gasteiger partial charge on any atom is 0.0743 e. The summed E-state index contributed by atoms with van der Waals surface area (Å²) in [4.78, 5) is 4.34. The summed E-state index contributed by atoms with van der Waals surface area (Å²) in [6, 6.07) is 7.75. The van der Waals surface area contributed by atoms with Gasteiger partial charge in [0.05, 0.1) is 11.2 Å². The Labute approximate surface area is 117 Å². The van der Waals surface area contributed by atoms with Crippen molar-refractivity contribution in [3.63, 3.8) is 0 Å². The highest BCUT2D eigenvalue weighted by Crippen LogP contribution is 2.24. The molecule has 0 fully saturated rings. The van der Waals surface area contributed by atoms with Gasteiger partial charge in [0.25, 0.3) is 0 Å². The third-order valence-corrected chi connectivity index (χ3v) is 3.35. The van der Waals surface area contributed by atoms with E-state index in [0.29, 0.717) is 0 Å². The molecule has 0 amide bonds. The first-order valence-electron chi connectivity index (χ1n) is 6.51. The maximum atomic E-state index is 5.79. The lowest BCUT2D eigenvalue weighted by Gasteiger charge is -2.09. The number of nitrogens with one attached hydrogen (secondary N) is 1. The Morgan fingerprint density at radius 1 is 1.30 bits per heavy atom. The van der Waals surface area contributed by atoms with Gasteiger partial charge in [0.15, 0.2) is 0 Å². The summed E-state index contributed by atoms with van der Waals surface area (Å²) in [6.07, 6.45) is 3.82. The van der Waals surface area contributed by atoms with Crippen LogP contribution in [0.5, 0.6) is 0 Å². The molecule has 0 spiro atoms. The van der Waals surface area contributed by atoms with Gasteiger partial charge < -0.3 is 11.1 Å². The zero-order valence-corrected chi connectivity index (χ0v) is 11.6. The van der Waals surface area contributed by atoms with Gasteiger partial charge in [0.2, 0.25) is 0 Å². The number of nitrogens with zero attached hydrogens (tertiary/aromatic N) is 3. The van der Waals surface area contributed by atoms with E-state index in [0.717, 1.165) is 34.5 Å². The second-order valence-electron chi connectivity index (χ2n) is 4.90. The summed E-state index contributed by atoms with van der Waals surface area (Å²) < 4.78 is 1.83. The van der Waals surface area contributed by atoms with E-state index in [1.165, 1.54) is 5.56 Å². The van der Waals surface area contributed by atoms with Crippen molar-refractivity contribution < 1.29 is 0 Å². The molecule has 1 aromatic carbocycles. The van der Waals surface area contributed by atoms with Crippen LogP contribution in [0.2, 0.25) is 0 Å². The molecular weight excluding hydrogens is 250 g/mol. The SMILES string of the molecule is Cc1nn(C)cc1CNc1ccnc2cc(N)ccc12. The van der Waals surface area contributed by atoms with Gasteiger partial charge in [-0.15, -0.1) is 0 Å². The van der Waals surface area contributed by atoms with Crippen LogP contribution in [0.15, 0.2) is 36.7 Å². The molecule has 0 saturated heterocycles. The highest BCUT2D eigenvalue weighted by Gasteiger charge is 2.05. The number of nitrogen functional groups attached to an aromatic ring is 1. The van der Waals surface area contributed by atoms with Crippen LogP contribution < -0.4 is 11.1 Å². The second kappa shape index (κ2) is 4.85. The number of nitrogens with two attached hydrogens (primary N) is 1. The van der Waals surface area contributed by atoms with Crippen molar-refractivity contribution in [3.8, 4) is 0 Å². The van der Waals surface area contributed by atoms with Crippen LogP contribution in [0.4, 0.5) is 11.4 Å². The van der Waals surface area contributed by atoms with Gasteiger partial charge in [-0.2, -0.15) is 5.10 Å². The van der Waals surface area contributed by atoms with E-state index in [9.17, 15) is 0 Å². The van der Waals surface area contributed by atoms with E-state index < -0.39 is 0 Å². The first-order chi connectivity index (χ1) is 9.63. The van der Waals surface area contributed by atoms with Crippen molar-refractivity contribution in [3.05, 3.63) is 47.9 Å². The van der Waals surface area contributed by atoms with Crippen molar-refractivity contribution >= 4 is 22.3 Å². The zero-order valence-electron chi connectivity index (χ0n) is 11.6. The molecule has 20 heavy (non-hydrogen) atoms. The number of aromatic nitrogens is 3. The van der Waals surface area contributed by atoms with E-state index in [1.54, 1.807) is 6.20 Å². The van der Waals surface area contributed by atoms with Crippen molar-refractivity contribution in [1.82, 2.24) is 14.8 Å². The van der Waals surface area contributed by atoms with E-state index in [4.69, 9.17) is 5.73 Å². The second-order valence-corrected chi connectivity index (χ2v) is 4.90. The number of rotatable bonds is 3. The number of anilines is 2. The lowest BCUT2D eigenvalue weighted by atomic mass is 10.1. The van der Waals surface area contributed by atoms with Gasteiger partial charge in [0, 0.05) is 48.3 Å². The van der Waals surface area contributed by atoms with Gasteiger partial charge in [-0.3, -0.25) is 9.67 Å². The average molecular weight is 267 g/mol. The minimum atomic E-state index is 0.727. The summed E-state index contributed by atoms with van der Waals surface area (Å²) in [5.41, 5.74) is 10.7. The molecule has 3 aromatic rings. The largest absolute Gasteiger partial charge is 0.399 e. The van der Waals surface area contributed by atoms with Gasteiger partial charge in [-0.05, 0) is 31.2 Å². The van der Waals surface area contributed by atoms with Crippen LogP contribution in [0, 0.1) is 6.92 Å². The van der Waals surface area contributed by atoms with Crippen molar-refractivity contribution in [1.29, 1.82) is 0 Å². The molecular formula is C15H17N5. The van der Waals surface area contributed by atoms with E-state index in [2.05, 4.69) is 15.4 Å². The topological polar surface area (TPSA) is 68.8 Å². The molecule has 0 radical (unpaired) electrons. The zero-order chi connectivity index (χ0) is 14.1. The van der Waals surface area contributed by atoms with Crippen LogP contribution in [-0.2, 0) is 13.6 Å². The van der Waals surface area contributed by atoms with Gasteiger partial charge >= 0.3 is 0 Å². The fourth-order valence-corrected chi connectivity index (χ4v) is 2.33. The van der Waals surface area contributed by atoms with Gasteiger partial charge in [-0.25, -0.2) is 0 Å². The molecule has 0 aliphatic rings. The van der Waals surface area contributed by atoms with Crippen LogP contribution in [0.1, 0.15) is 11.3 Å². The summed E-state index contributed by atoms with van der Waals surface area (Å²) >= 11 is 0. The molecule has 102 valence electrons. The maximum absolute atomic E-state index is 5.79. The Bertz CT molecular complexity index is 760. The molecule has 0 unspecified atom stereocenters. The Morgan fingerprint density at radius 2 is 2.15 bits per heavy atom. The first kappa shape index (κ1) is 12.5. The lowest BCUT2D eigenvalue weighted by molar-refractivity contribution is 0.756. The van der Waals surface area contributed by atoms with Gasteiger partial charge in [-0.1, -0.05) is 0 Å². The van der Waals surface area contributed by atoms with Crippen LogP contribution >= 0.6 is 0 Å². The predicted octanol–water partition coefficient (Wildman–Crippen LogP) is 2.47. The third-order valence-electron chi connectivity index (χ3n) is 3.35. The highest BCUT2D eigenvalue weighted by atomic mass is 15.2. The van der Waals surface area contributed by atoms with Gasteiger partial charge in [0.1, 0.15) is 0 Å². The normalized spacial score (nSPS) is 10.9. The molecule has 0 aliphatic carbocycles. The summed E-state index contributed by atoms with van der Waals surface area (Å²) in [7, 11) is 1.93. The summed E-state index contributed by atoms with van der Waals surface area (Å²) in [6.45, 7) is 2.76. The van der Waals surface area contributed by atoms with Crippen LogP contribution in [0.3, 0.4) is 0 Å². The van der Waals surface area contributed by atoms with Crippen molar-refractivity contribution in [2.24, 2.45) is 7.05 Å². The highest BCUT2D eigenvalue weighted by molar-refractivity contribution is 5.92. The fraction of sp³-hybridized carbons (Fsp3) is 0.200. The molecule has 0 bridgehead atoms. The molecule has 2 aromatic heterocycles. The molecule has 5 heteroatoms. The lowest BCUT2D eigenvalue weighted by Crippen LogP contribution is -2.01. The Hall–Kier alpha value is -2.56. The third kappa shape index (κ3) is 2.30. The number of hydrogen-bond acceptors (Lipinski definition) is 4. The van der Waals surface area contributed by atoms with E-state index in [1.807, 2.05) is 49.1 Å². The quantitative estimate of drug-likeness (QED) is 0.715. The Kier molecular flexibility index (Phi) is 3.02. The standard InChI is InChI=1S/C15H17N5/c1-10-11(9-20(2)19-10)8-18-14-5-6-17-15-7-12(16)3-4-13(14)15/h3-7,9H,8,16H2,1-2H3,(H,17,18). The summed E-state index contributed by atoms with van der Waals surface area (Å²) in [5, 5.41) is 8.86. The smallest absolute Gasteiger partial charge is 0.0743 e. The summed E-state index contributed by atoms with van der Waals surface area (Å²) in [5.74, 6) is 0. The Morgan fingerprint density at radius 3 is 2.90 bits per heavy atom. The minimum Gasteiger partial charge on any atom is -0.399 e. The van der Waals surface area contributed by atoms with E-state index >= 15 is 0 Å². The van der Waals surface area contributed by atoms with Crippen LogP contribution in [0.25, 0.3) is 10.9 Å². The number of fused-ring (bicyclic) bond motifs is 1. The molecule has 0 atom stereocenters. The molecule has 0 saturated carbocycles. The molecule has 3 N–H and O–H groups in total. The minimum absolute atomic E-state index is 0.727.